The van der Waals surface area contributed by atoms with Gasteiger partial charge in [-0.05, 0) is 12.8 Å². The smallest absolute Gasteiger partial charge is 0.220 e. The van der Waals surface area contributed by atoms with Crippen LogP contribution in [0, 0.1) is 0 Å². The number of hydrogen-bond donors (Lipinski definition) is 12. The molecule has 12 N–H and O–H groups in total. The van der Waals surface area contributed by atoms with Crippen LogP contribution in [0.2, 0.25) is 0 Å². The fourth-order valence-corrected chi connectivity index (χ4v) is 6.29. The number of carbonyl (C=O) groups is 1. The minimum absolute atomic E-state index is 0.233. The first-order chi connectivity index (χ1) is 25.3. The molecule has 3 rings (SSSR count). The molecule has 19 heteroatoms. The van der Waals surface area contributed by atoms with Crippen LogP contribution in [0.25, 0.3) is 0 Å². The van der Waals surface area contributed by atoms with Crippen molar-refractivity contribution in [3.8, 4) is 0 Å². The first-order valence-corrected chi connectivity index (χ1v) is 18.4. The van der Waals surface area contributed by atoms with Crippen LogP contribution in [-0.2, 0) is 33.2 Å². The molecule has 0 aromatic carbocycles. The lowest BCUT2D eigenvalue weighted by molar-refractivity contribution is -0.379. The molecule has 310 valence electrons. The second-order valence-corrected chi connectivity index (χ2v) is 13.7. The number of rotatable bonds is 21. The molecule has 3 heterocycles. The van der Waals surface area contributed by atoms with E-state index in [-0.39, 0.29) is 18.9 Å². The quantitative estimate of drug-likeness (QED) is 0.0391. The summed E-state index contributed by atoms with van der Waals surface area (Å²) < 4.78 is 33.6. The summed E-state index contributed by atoms with van der Waals surface area (Å²) in [5, 5.41) is 118. The van der Waals surface area contributed by atoms with E-state index in [0.29, 0.717) is 12.8 Å². The van der Waals surface area contributed by atoms with Gasteiger partial charge in [0.1, 0.15) is 73.2 Å². The highest BCUT2D eigenvalue weighted by molar-refractivity contribution is 5.76. The number of ether oxygens (including phenoxy) is 6. The molecule has 53 heavy (non-hydrogen) atoms. The van der Waals surface area contributed by atoms with Crippen LogP contribution in [0.1, 0.15) is 65.2 Å². The SMILES string of the molecule is CCCC/C=C/C(O)C(COC1OC(CO)C(OC2OC(CO)C(OC3OC(CO)C(O)C(O)C3O)C(O)C2O)C(O)C1O)NC(=O)CCCCCC. The van der Waals surface area contributed by atoms with Gasteiger partial charge in [-0.1, -0.05) is 58.1 Å². The number of hydrogen-bond acceptors (Lipinski definition) is 18. The van der Waals surface area contributed by atoms with Crippen molar-refractivity contribution in [3.63, 3.8) is 0 Å². The predicted molar refractivity (Wildman–Crippen MR) is 180 cm³/mol. The van der Waals surface area contributed by atoms with E-state index in [0.717, 1.165) is 32.1 Å². The number of aliphatic hydroxyl groups is 11. The molecule has 3 fully saturated rings. The molecule has 0 aliphatic carbocycles. The Labute approximate surface area is 308 Å². The monoisotopic (exact) mass is 771 g/mol. The van der Waals surface area contributed by atoms with E-state index in [1.807, 2.05) is 6.92 Å². The first kappa shape index (κ1) is 45.9. The summed E-state index contributed by atoms with van der Waals surface area (Å²) in [4.78, 5) is 12.7. The Hall–Kier alpha value is -1.47. The van der Waals surface area contributed by atoms with E-state index in [4.69, 9.17) is 28.4 Å². The van der Waals surface area contributed by atoms with Gasteiger partial charge in [-0.3, -0.25) is 4.79 Å². The standard InChI is InChI=1S/C34H61NO18/c1-3-5-7-9-11-18(39)17(35-22(40)12-10-8-6-4-2)16-48-32-28(46)25(43)30(20(14-37)50-32)53-34-29(47)26(44)31(21(15-38)51-34)52-33-27(45)24(42)23(41)19(13-36)49-33/h9,11,17-21,23-34,36-39,41-47H,3-8,10,12-16H2,1-2H3,(H,35,40)/b11-9+. The van der Waals surface area contributed by atoms with Crippen molar-refractivity contribution >= 4 is 5.91 Å². The summed E-state index contributed by atoms with van der Waals surface area (Å²) in [6, 6.07) is -0.957. The molecule has 0 saturated carbocycles. The summed E-state index contributed by atoms with van der Waals surface area (Å²) >= 11 is 0. The minimum Gasteiger partial charge on any atom is -0.394 e. The molecular weight excluding hydrogens is 710 g/mol. The van der Waals surface area contributed by atoms with Gasteiger partial charge in [0.2, 0.25) is 5.91 Å². The van der Waals surface area contributed by atoms with E-state index in [2.05, 4.69) is 12.2 Å². The lowest BCUT2D eigenvalue weighted by atomic mass is 9.96. The van der Waals surface area contributed by atoms with Gasteiger partial charge in [0.05, 0.1) is 38.6 Å². The normalized spacial score (nSPS) is 39.2. The van der Waals surface area contributed by atoms with Crippen molar-refractivity contribution in [1.29, 1.82) is 0 Å². The maximum Gasteiger partial charge on any atom is 0.220 e. The maximum atomic E-state index is 12.7. The van der Waals surface area contributed by atoms with E-state index in [1.54, 1.807) is 6.08 Å². The third kappa shape index (κ3) is 12.5. The number of amides is 1. The number of nitrogens with one attached hydrogen (secondary N) is 1. The van der Waals surface area contributed by atoms with Gasteiger partial charge in [0.15, 0.2) is 18.9 Å². The molecule has 0 aromatic heterocycles. The minimum atomic E-state index is -1.97. The van der Waals surface area contributed by atoms with Gasteiger partial charge in [-0.15, -0.1) is 0 Å². The second kappa shape index (κ2) is 22.9. The third-order valence-electron chi connectivity index (χ3n) is 9.59. The molecule has 3 saturated heterocycles. The summed E-state index contributed by atoms with van der Waals surface area (Å²) in [5.74, 6) is -0.308. The topological polar surface area (TPSA) is 307 Å². The van der Waals surface area contributed by atoms with Crippen LogP contribution in [-0.4, -0.2) is 193 Å². The van der Waals surface area contributed by atoms with Gasteiger partial charge in [0.25, 0.3) is 0 Å². The van der Waals surface area contributed by atoms with Crippen LogP contribution < -0.4 is 5.32 Å². The molecule has 0 bridgehead atoms. The van der Waals surface area contributed by atoms with Gasteiger partial charge in [0, 0.05) is 6.42 Å². The lowest BCUT2D eigenvalue weighted by Gasteiger charge is -2.48. The van der Waals surface area contributed by atoms with Gasteiger partial charge in [-0.2, -0.15) is 0 Å². The summed E-state index contributed by atoms with van der Waals surface area (Å²) in [6.07, 6.45) is -17.1. The zero-order chi connectivity index (χ0) is 39.2. The van der Waals surface area contributed by atoms with Crippen LogP contribution in [0.15, 0.2) is 12.2 Å². The zero-order valence-corrected chi connectivity index (χ0v) is 30.2. The average molecular weight is 772 g/mol. The fourth-order valence-electron chi connectivity index (χ4n) is 6.29. The van der Waals surface area contributed by atoms with Gasteiger partial charge in [-0.25, -0.2) is 0 Å². The van der Waals surface area contributed by atoms with E-state index in [1.165, 1.54) is 6.08 Å². The summed E-state index contributed by atoms with van der Waals surface area (Å²) in [6.45, 7) is 1.31. The molecule has 19 nitrogen and oxygen atoms in total. The highest BCUT2D eigenvalue weighted by Gasteiger charge is 2.53. The lowest BCUT2D eigenvalue weighted by Crippen LogP contribution is -2.66. The summed E-state index contributed by atoms with van der Waals surface area (Å²) in [5.41, 5.74) is 0. The summed E-state index contributed by atoms with van der Waals surface area (Å²) in [7, 11) is 0. The Balaban J connectivity index is 1.66. The highest BCUT2D eigenvalue weighted by Crippen LogP contribution is 2.32. The van der Waals surface area contributed by atoms with Crippen LogP contribution >= 0.6 is 0 Å². The van der Waals surface area contributed by atoms with Crippen LogP contribution in [0.4, 0.5) is 0 Å². The number of allylic oxidation sites excluding steroid dienone is 1. The Morgan fingerprint density at radius 3 is 1.72 bits per heavy atom. The van der Waals surface area contributed by atoms with E-state index >= 15 is 0 Å². The second-order valence-electron chi connectivity index (χ2n) is 13.7. The van der Waals surface area contributed by atoms with Crippen molar-refractivity contribution in [3.05, 3.63) is 12.2 Å². The first-order valence-electron chi connectivity index (χ1n) is 18.4. The van der Waals surface area contributed by atoms with E-state index in [9.17, 15) is 61.0 Å². The Morgan fingerprint density at radius 2 is 1.17 bits per heavy atom. The molecular formula is C34H61NO18. The van der Waals surface area contributed by atoms with Crippen molar-refractivity contribution < 1.29 is 89.4 Å². The van der Waals surface area contributed by atoms with Crippen molar-refractivity contribution in [1.82, 2.24) is 5.32 Å². The Bertz CT molecular complexity index is 1070. The molecule has 3 aliphatic rings. The average Bonchev–Trinajstić information content (AvgIpc) is 3.15. The maximum absolute atomic E-state index is 12.7. The Morgan fingerprint density at radius 1 is 0.660 bits per heavy atom. The molecule has 17 atom stereocenters. The van der Waals surface area contributed by atoms with Crippen LogP contribution in [0.3, 0.4) is 0 Å². The molecule has 0 spiro atoms. The van der Waals surface area contributed by atoms with Gasteiger partial charge >= 0.3 is 0 Å². The largest absolute Gasteiger partial charge is 0.394 e. The van der Waals surface area contributed by atoms with Crippen molar-refractivity contribution in [2.45, 2.75) is 169 Å². The molecule has 3 aliphatic heterocycles. The zero-order valence-electron chi connectivity index (χ0n) is 30.2. The number of carbonyl (C=O) groups excluding carboxylic acids is 1. The van der Waals surface area contributed by atoms with Crippen LogP contribution in [0.5, 0.6) is 0 Å². The third-order valence-corrected chi connectivity index (χ3v) is 9.59. The highest BCUT2D eigenvalue weighted by atomic mass is 16.8. The molecule has 1 amide bonds. The number of unbranched alkanes of at least 4 members (excludes halogenated alkanes) is 5. The molecule has 0 radical (unpaired) electrons. The van der Waals surface area contributed by atoms with Gasteiger partial charge < -0.3 is 89.9 Å². The van der Waals surface area contributed by atoms with E-state index < -0.39 is 124 Å². The molecule has 17 unspecified atom stereocenters. The number of aliphatic hydroxyl groups excluding tert-OH is 11. The fraction of sp³-hybridized carbons (Fsp3) is 0.912. The molecule has 0 aromatic rings. The predicted octanol–water partition coefficient (Wildman–Crippen LogP) is -3.99. The van der Waals surface area contributed by atoms with Crippen molar-refractivity contribution in [2.24, 2.45) is 0 Å². The Kier molecular flexibility index (Phi) is 19.9. The van der Waals surface area contributed by atoms with Crippen molar-refractivity contribution in [2.75, 3.05) is 26.4 Å².